The van der Waals surface area contributed by atoms with Crippen LogP contribution in [-0.2, 0) is 14.8 Å². The molecule has 16 heavy (non-hydrogen) atoms. The molecule has 3 N–H and O–H groups in total. The van der Waals surface area contributed by atoms with Crippen molar-refractivity contribution in [3.63, 3.8) is 0 Å². The van der Waals surface area contributed by atoms with Crippen LogP contribution >= 0.6 is 0 Å². The van der Waals surface area contributed by atoms with E-state index in [1.807, 2.05) is 6.92 Å². The Bertz CT molecular complexity index is 290. The highest BCUT2D eigenvalue weighted by Crippen LogP contribution is 1.94. The van der Waals surface area contributed by atoms with Crippen LogP contribution in [0.15, 0.2) is 0 Å². The molecule has 0 unspecified atom stereocenters. The summed E-state index contributed by atoms with van der Waals surface area (Å²) in [4.78, 5) is 10.2. The van der Waals surface area contributed by atoms with E-state index in [0.717, 1.165) is 13.0 Å². The van der Waals surface area contributed by atoms with Crippen LogP contribution in [0.5, 0.6) is 0 Å². The van der Waals surface area contributed by atoms with Gasteiger partial charge in [-0.25, -0.2) is 13.1 Å². The van der Waals surface area contributed by atoms with Gasteiger partial charge in [0.15, 0.2) is 0 Å². The third-order valence-electron chi connectivity index (χ3n) is 1.85. The predicted molar refractivity (Wildman–Crippen MR) is 61.8 cm³/mol. The SMILES string of the molecule is CCCNCCNS(=O)(=O)CCCC(=O)O. The van der Waals surface area contributed by atoms with Crippen molar-refractivity contribution in [1.29, 1.82) is 0 Å². The monoisotopic (exact) mass is 252 g/mol. The van der Waals surface area contributed by atoms with Crippen molar-refractivity contribution in [2.75, 3.05) is 25.4 Å². The number of carbonyl (C=O) groups is 1. The average Bonchev–Trinajstić information content (AvgIpc) is 2.16. The number of nitrogens with one attached hydrogen (secondary N) is 2. The number of carboxylic acids is 1. The lowest BCUT2D eigenvalue weighted by atomic mass is 10.3. The average molecular weight is 252 g/mol. The van der Waals surface area contributed by atoms with E-state index < -0.39 is 16.0 Å². The van der Waals surface area contributed by atoms with Crippen molar-refractivity contribution in [3.8, 4) is 0 Å². The van der Waals surface area contributed by atoms with Gasteiger partial charge in [-0.15, -0.1) is 0 Å². The second kappa shape index (κ2) is 8.49. The molecule has 0 aromatic heterocycles. The van der Waals surface area contributed by atoms with Crippen molar-refractivity contribution >= 4 is 16.0 Å². The molecule has 0 spiro atoms. The van der Waals surface area contributed by atoms with Crippen molar-refractivity contribution in [2.45, 2.75) is 26.2 Å². The molecular weight excluding hydrogens is 232 g/mol. The van der Waals surface area contributed by atoms with Gasteiger partial charge in [-0.1, -0.05) is 6.92 Å². The maximum Gasteiger partial charge on any atom is 0.303 e. The van der Waals surface area contributed by atoms with Crippen LogP contribution in [0.3, 0.4) is 0 Å². The van der Waals surface area contributed by atoms with Gasteiger partial charge >= 0.3 is 5.97 Å². The Morgan fingerprint density at radius 3 is 2.50 bits per heavy atom. The van der Waals surface area contributed by atoms with Crippen molar-refractivity contribution in [3.05, 3.63) is 0 Å². The zero-order valence-corrected chi connectivity index (χ0v) is 10.3. The first kappa shape index (κ1) is 15.3. The first-order valence-electron chi connectivity index (χ1n) is 5.38. The van der Waals surface area contributed by atoms with Crippen LogP contribution in [0.1, 0.15) is 26.2 Å². The van der Waals surface area contributed by atoms with Crippen LogP contribution in [0.4, 0.5) is 0 Å². The molecule has 96 valence electrons. The van der Waals surface area contributed by atoms with E-state index in [1.165, 1.54) is 0 Å². The lowest BCUT2D eigenvalue weighted by molar-refractivity contribution is -0.137. The molecule has 0 amide bonds. The Labute approximate surface area is 96.5 Å². The summed E-state index contributed by atoms with van der Waals surface area (Å²) in [5.74, 6) is -1.10. The normalized spacial score (nSPS) is 11.6. The fraction of sp³-hybridized carbons (Fsp3) is 0.889. The minimum absolute atomic E-state index is 0.116. The zero-order chi connectivity index (χ0) is 12.4. The molecular formula is C9H20N2O4S. The molecule has 0 saturated carbocycles. The number of carboxylic acid groups (broad SMARTS) is 1. The number of hydrogen-bond donors (Lipinski definition) is 3. The summed E-state index contributed by atoms with van der Waals surface area (Å²) >= 11 is 0. The number of aliphatic carboxylic acids is 1. The molecule has 0 aliphatic heterocycles. The van der Waals surface area contributed by atoms with Crippen LogP contribution in [0.25, 0.3) is 0 Å². The summed E-state index contributed by atoms with van der Waals surface area (Å²) in [6.45, 7) is 3.82. The molecule has 0 bridgehead atoms. The molecule has 0 aliphatic carbocycles. The summed E-state index contributed by atoms with van der Waals surface area (Å²) in [6.07, 6.45) is 1.04. The molecule has 0 atom stereocenters. The first-order valence-corrected chi connectivity index (χ1v) is 7.03. The molecule has 0 rings (SSSR count). The third kappa shape index (κ3) is 9.88. The van der Waals surface area contributed by atoms with Crippen LogP contribution in [0, 0.1) is 0 Å². The Balaban J connectivity index is 3.58. The highest BCUT2D eigenvalue weighted by Gasteiger charge is 2.09. The van der Waals surface area contributed by atoms with Gasteiger partial charge in [0, 0.05) is 19.5 Å². The predicted octanol–water partition coefficient (Wildman–Crippen LogP) is -0.230. The van der Waals surface area contributed by atoms with Crippen molar-refractivity contribution in [2.24, 2.45) is 0 Å². The smallest absolute Gasteiger partial charge is 0.303 e. The van der Waals surface area contributed by atoms with Gasteiger partial charge in [-0.05, 0) is 19.4 Å². The molecule has 0 aromatic rings. The van der Waals surface area contributed by atoms with Gasteiger partial charge in [-0.2, -0.15) is 0 Å². The maximum atomic E-state index is 11.3. The third-order valence-corrected chi connectivity index (χ3v) is 3.32. The lowest BCUT2D eigenvalue weighted by Gasteiger charge is -2.06. The standard InChI is InChI=1S/C9H20N2O4S/c1-2-5-10-6-7-11-16(14,15)8-3-4-9(12)13/h10-11H,2-8H2,1H3,(H,12,13). The van der Waals surface area contributed by atoms with Gasteiger partial charge < -0.3 is 10.4 Å². The molecule has 0 aromatic carbocycles. The highest BCUT2D eigenvalue weighted by molar-refractivity contribution is 7.89. The topological polar surface area (TPSA) is 95.5 Å². The molecule has 0 saturated heterocycles. The Morgan fingerprint density at radius 1 is 1.25 bits per heavy atom. The highest BCUT2D eigenvalue weighted by atomic mass is 32.2. The van der Waals surface area contributed by atoms with Gasteiger partial charge in [0.05, 0.1) is 5.75 Å². The summed E-state index contributed by atoms with van der Waals surface area (Å²) in [7, 11) is -3.32. The number of sulfonamides is 1. The summed E-state index contributed by atoms with van der Waals surface area (Å²) in [5, 5.41) is 11.4. The first-order chi connectivity index (χ1) is 7.48. The van der Waals surface area contributed by atoms with Gasteiger partial charge in [-0.3, -0.25) is 4.79 Å². The van der Waals surface area contributed by atoms with E-state index in [0.29, 0.717) is 13.1 Å². The second-order valence-electron chi connectivity index (χ2n) is 3.46. The lowest BCUT2D eigenvalue weighted by Crippen LogP contribution is -2.33. The van der Waals surface area contributed by atoms with E-state index in [-0.39, 0.29) is 18.6 Å². The maximum absolute atomic E-state index is 11.3. The van der Waals surface area contributed by atoms with Crippen LogP contribution < -0.4 is 10.0 Å². The molecule has 0 radical (unpaired) electrons. The zero-order valence-electron chi connectivity index (χ0n) is 9.53. The fourth-order valence-corrected chi connectivity index (χ4v) is 2.16. The van der Waals surface area contributed by atoms with E-state index in [9.17, 15) is 13.2 Å². The minimum atomic E-state index is -3.32. The minimum Gasteiger partial charge on any atom is -0.481 e. The largest absolute Gasteiger partial charge is 0.481 e. The molecule has 7 heteroatoms. The van der Waals surface area contributed by atoms with E-state index >= 15 is 0 Å². The molecule has 0 heterocycles. The quantitative estimate of drug-likeness (QED) is 0.467. The molecule has 0 fully saturated rings. The Kier molecular flexibility index (Phi) is 8.14. The van der Waals surface area contributed by atoms with E-state index in [4.69, 9.17) is 5.11 Å². The summed E-state index contributed by atoms with van der Waals surface area (Å²) < 4.78 is 25.0. The van der Waals surface area contributed by atoms with Gasteiger partial charge in [0.2, 0.25) is 10.0 Å². The molecule has 0 aliphatic rings. The van der Waals surface area contributed by atoms with Crippen molar-refractivity contribution in [1.82, 2.24) is 10.0 Å². The number of rotatable bonds is 10. The van der Waals surface area contributed by atoms with E-state index in [1.54, 1.807) is 0 Å². The van der Waals surface area contributed by atoms with Crippen LogP contribution in [-0.4, -0.2) is 44.9 Å². The van der Waals surface area contributed by atoms with Gasteiger partial charge in [0.25, 0.3) is 0 Å². The Morgan fingerprint density at radius 2 is 1.94 bits per heavy atom. The van der Waals surface area contributed by atoms with E-state index in [2.05, 4.69) is 10.0 Å². The summed E-state index contributed by atoms with van der Waals surface area (Å²) in [6, 6.07) is 0. The molecule has 6 nitrogen and oxygen atoms in total. The van der Waals surface area contributed by atoms with Crippen LogP contribution in [0.2, 0.25) is 0 Å². The number of hydrogen-bond acceptors (Lipinski definition) is 4. The Hall–Kier alpha value is -0.660. The van der Waals surface area contributed by atoms with Gasteiger partial charge in [0.1, 0.15) is 0 Å². The fourth-order valence-electron chi connectivity index (χ4n) is 1.08. The summed E-state index contributed by atoms with van der Waals surface area (Å²) in [5.41, 5.74) is 0. The second-order valence-corrected chi connectivity index (χ2v) is 5.39. The van der Waals surface area contributed by atoms with Crippen molar-refractivity contribution < 1.29 is 18.3 Å².